The maximum atomic E-state index is 11.1. The van der Waals surface area contributed by atoms with Gasteiger partial charge in [0, 0.05) is 12.8 Å². The molecular formula is C16H24O4. The number of rotatable bonds is 6. The van der Waals surface area contributed by atoms with E-state index in [0.717, 1.165) is 5.56 Å². The summed E-state index contributed by atoms with van der Waals surface area (Å²) in [4.78, 5) is 20.9. The number of Topliss-reactive ketones (excluding diaryl/α,β-unsaturated/α-hetero) is 1. The maximum absolute atomic E-state index is 11.1. The average Bonchev–Trinajstić information content (AvgIpc) is 2.45. The van der Waals surface area contributed by atoms with Crippen molar-refractivity contribution in [3.63, 3.8) is 0 Å². The van der Waals surface area contributed by atoms with E-state index >= 15 is 0 Å². The van der Waals surface area contributed by atoms with Crippen molar-refractivity contribution in [3.05, 3.63) is 35.4 Å². The maximum Gasteiger partial charge on any atom is 0.306 e. The van der Waals surface area contributed by atoms with E-state index in [0.29, 0.717) is 19.3 Å². The van der Waals surface area contributed by atoms with Crippen molar-refractivity contribution in [1.29, 1.82) is 0 Å². The number of carbonyl (C=O) groups excluding carboxylic acids is 2. The Kier molecular flexibility index (Phi) is 10.2. The lowest BCUT2D eigenvalue weighted by atomic mass is 10.1. The summed E-state index contributed by atoms with van der Waals surface area (Å²) in [7, 11) is 0. The zero-order valence-corrected chi connectivity index (χ0v) is 12.5. The molecule has 1 N–H and O–H groups in total. The first-order valence-corrected chi connectivity index (χ1v) is 6.81. The third kappa shape index (κ3) is 10.3. The standard InChI is InChI=1S/C12H16O3.C4H8O/c1-10-2-4-11(5-3-10)6-7-12(14)15-9-8-13;1-3-4(2)5/h2-5,13H,6-9H2,1H3;3H2,1-2H3. The van der Waals surface area contributed by atoms with Crippen LogP contribution in [-0.4, -0.2) is 30.1 Å². The summed E-state index contributed by atoms with van der Waals surface area (Å²) in [5, 5.41) is 8.45. The minimum atomic E-state index is -0.260. The van der Waals surface area contributed by atoms with Gasteiger partial charge in [-0.25, -0.2) is 0 Å². The molecule has 1 aromatic rings. The van der Waals surface area contributed by atoms with Crippen LogP contribution in [-0.2, 0) is 20.7 Å². The Balaban J connectivity index is 0.000000621. The molecule has 0 heterocycles. The number of hydrogen-bond acceptors (Lipinski definition) is 4. The Labute approximate surface area is 120 Å². The fraction of sp³-hybridized carbons (Fsp3) is 0.500. The van der Waals surface area contributed by atoms with Gasteiger partial charge in [-0.3, -0.25) is 4.79 Å². The molecule has 0 aliphatic carbocycles. The normalized spacial score (nSPS) is 9.40. The van der Waals surface area contributed by atoms with Crippen LogP contribution in [0.25, 0.3) is 0 Å². The van der Waals surface area contributed by atoms with Crippen LogP contribution in [0, 0.1) is 6.92 Å². The Bertz CT molecular complexity index is 395. The second-order valence-corrected chi connectivity index (χ2v) is 4.49. The van der Waals surface area contributed by atoms with Gasteiger partial charge in [0.2, 0.25) is 0 Å². The number of benzene rings is 1. The van der Waals surface area contributed by atoms with Crippen LogP contribution in [0.1, 0.15) is 37.8 Å². The van der Waals surface area contributed by atoms with E-state index in [4.69, 9.17) is 9.84 Å². The highest BCUT2D eigenvalue weighted by atomic mass is 16.5. The monoisotopic (exact) mass is 280 g/mol. The van der Waals surface area contributed by atoms with Crippen LogP contribution in [0.2, 0.25) is 0 Å². The van der Waals surface area contributed by atoms with Gasteiger partial charge < -0.3 is 14.6 Å². The number of esters is 1. The Morgan fingerprint density at radius 2 is 1.75 bits per heavy atom. The highest BCUT2D eigenvalue weighted by Gasteiger charge is 2.02. The number of ether oxygens (including phenoxy) is 1. The molecule has 0 saturated heterocycles. The van der Waals surface area contributed by atoms with Crippen molar-refractivity contribution in [1.82, 2.24) is 0 Å². The highest BCUT2D eigenvalue weighted by Crippen LogP contribution is 2.06. The molecule has 4 heteroatoms. The predicted molar refractivity (Wildman–Crippen MR) is 78.5 cm³/mol. The van der Waals surface area contributed by atoms with E-state index in [-0.39, 0.29) is 25.0 Å². The van der Waals surface area contributed by atoms with Gasteiger partial charge in [-0.2, -0.15) is 0 Å². The van der Waals surface area contributed by atoms with E-state index in [1.54, 1.807) is 6.92 Å². The molecule has 4 nitrogen and oxygen atoms in total. The van der Waals surface area contributed by atoms with E-state index in [9.17, 15) is 9.59 Å². The molecule has 0 aliphatic heterocycles. The van der Waals surface area contributed by atoms with E-state index in [2.05, 4.69) is 0 Å². The summed E-state index contributed by atoms with van der Waals surface area (Å²) in [5.41, 5.74) is 2.34. The molecule has 0 aliphatic rings. The first-order valence-electron chi connectivity index (χ1n) is 6.81. The lowest BCUT2D eigenvalue weighted by Crippen LogP contribution is -2.09. The van der Waals surface area contributed by atoms with Crippen LogP contribution in [0.3, 0.4) is 0 Å². The first-order chi connectivity index (χ1) is 9.49. The van der Waals surface area contributed by atoms with Crippen LogP contribution in [0.4, 0.5) is 0 Å². The quantitative estimate of drug-likeness (QED) is 0.813. The van der Waals surface area contributed by atoms with Gasteiger partial charge in [-0.1, -0.05) is 36.8 Å². The fourth-order valence-corrected chi connectivity index (χ4v) is 1.23. The van der Waals surface area contributed by atoms with Crippen molar-refractivity contribution >= 4 is 11.8 Å². The Morgan fingerprint density at radius 3 is 2.20 bits per heavy atom. The fourth-order valence-electron chi connectivity index (χ4n) is 1.23. The summed E-state index contributed by atoms with van der Waals surface area (Å²) in [6, 6.07) is 8.06. The third-order valence-electron chi connectivity index (χ3n) is 2.59. The molecule has 112 valence electrons. The first kappa shape index (κ1) is 18.3. The molecule has 1 rings (SSSR count). The minimum absolute atomic E-state index is 0.0900. The van der Waals surface area contributed by atoms with Crippen molar-refractivity contribution in [3.8, 4) is 0 Å². The van der Waals surface area contributed by atoms with Gasteiger partial charge in [0.25, 0.3) is 0 Å². The number of aryl methyl sites for hydroxylation is 2. The van der Waals surface area contributed by atoms with Gasteiger partial charge in [0.15, 0.2) is 0 Å². The second kappa shape index (κ2) is 11.2. The molecule has 0 spiro atoms. The SMILES string of the molecule is CCC(C)=O.Cc1ccc(CCC(=O)OCCO)cc1. The molecule has 20 heavy (non-hydrogen) atoms. The zero-order chi connectivity index (χ0) is 15.4. The Morgan fingerprint density at radius 1 is 1.20 bits per heavy atom. The van der Waals surface area contributed by atoms with Gasteiger partial charge in [-0.15, -0.1) is 0 Å². The van der Waals surface area contributed by atoms with Crippen molar-refractivity contribution < 1.29 is 19.4 Å². The number of ketones is 1. The van der Waals surface area contributed by atoms with Crippen LogP contribution < -0.4 is 0 Å². The smallest absolute Gasteiger partial charge is 0.306 e. The molecule has 0 unspecified atom stereocenters. The molecule has 0 fully saturated rings. The summed E-state index contributed by atoms with van der Waals surface area (Å²) in [6.45, 7) is 5.44. The number of hydrogen-bond donors (Lipinski definition) is 1. The summed E-state index contributed by atoms with van der Waals surface area (Å²) in [5.74, 6) is -0.00498. The second-order valence-electron chi connectivity index (χ2n) is 4.49. The largest absolute Gasteiger partial charge is 0.463 e. The zero-order valence-electron chi connectivity index (χ0n) is 12.5. The van der Waals surface area contributed by atoms with Gasteiger partial charge in [0.05, 0.1) is 6.61 Å². The number of aliphatic hydroxyl groups excluding tert-OH is 1. The summed E-state index contributed by atoms with van der Waals surface area (Å²) < 4.78 is 4.75. The molecule has 1 aromatic carbocycles. The van der Waals surface area contributed by atoms with E-state index in [1.165, 1.54) is 5.56 Å². The van der Waals surface area contributed by atoms with Crippen molar-refractivity contribution in [2.24, 2.45) is 0 Å². The van der Waals surface area contributed by atoms with Crippen LogP contribution >= 0.6 is 0 Å². The van der Waals surface area contributed by atoms with Crippen LogP contribution in [0.5, 0.6) is 0 Å². The van der Waals surface area contributed by atoms with Crippen molar-refractivity contribution in [2.75, 3.05) is 13.2 Å². The van der Waals surface area contributed by atoms with Crippen molar-refractivity contribution in [2.45, 2.75) is 40.0 Å². The summed E-state index contributed by atoms with van der Waals surface area (Å²) in [6.07, 6.45) is 1.72. The molecule has 0 aromatic heterocycles. The summed E-state index contributed by atoms with van der Waals surface area (Å²) >= 11 is 0. The molecule has 0 saturated carbocycles. The molecule has 0 radical (unpaired) electrons. The molecule has 0 amide bonds. The predicted octanol–water partition coefficient (Wildman–Crippen LogP) is 2.45. The van der Waals surface area contributed by atoms with Crippen LogP contribution in [0.15, 0.2) is 24.3 Å². The average molecular weight is 280 g/mol. The van der Waals surface area contributed by atoms with E-state index < -0.39 is 0 Å². The molecule has 0 atom stereocenters. The lowest BCUT2D eigenvalue weighted by molar-refractivity contribution is -0.144. The van der Waals surface area contributed by atoms with Gasteiger partial charge in [-0.05, 0) is 25.8 Å². The number of aliphatic hydroxyl groups is 1. The minimum Gasteiger partial charge on any atom is -0.463 e. The topological polar surface area (TPSA) is 63.6 Å². The molecular weight excluding hydrogens is 256 g/mol. The molecule has 0 bridgehead atoms. The number of carbonyl (C=O) groups is 2. The van der Waals surface area contributed by atoms with Gasteiger partial charge in [0.1, 0.15) is 12.4 Å². The Hall–Kier alpha value is -1.68. The highest BCUT2D eigenvalue weighted by molar-refractivity contribution is 5.74. The third-order valence-corrected chi connectivity index (χ3v) is 2.59. The van der Waals surface area contributed by atoms with E-state index in [1.807, 2.05) is 38.1 Å². The van der Waals surface area contributed by atoms with Gasteiger partial charge >= 0.3 is 5.97 Å². The lowest BCUT2D eigenvalue weighted by Gasteiger charge is -2.03.